The van der Waals surface area contributed by atoms with Gasteiger partial charge >= 0.3 is 0 Å². The molecule has 3 atom stereocenters. The molecule has 0 aromatic carbocycles. The van der Waals surface area contributed by atoms with Crippen molar-refractivity contribution in [1.82, 2.24) is 5.32 Å². The van der Waals surface area contributed by atoms with Crippen molar-refractivity contribution in [2.45, 2.75) is 212 Å². The number of carbonyl (C=O) groups is 1. The van der Waals surface area contributed by atoms with Gasteiger partial charge in [-0.1, -0.05) is 202 Å². The first-order valence-corrected chi connectivity index (χ1v) is 26.3. The molecule has 0 spiro atoms. The minimum absolute atomic E-state index is 0.00437. The van der Waals surface area contributed by atoms with E-state index in [1.54, 1.807) is 6.08 Å². The van der Waals surface area contributed by atoms with Crippen LogP contribution in [0.3, 0.4) is 0 Å². The van der Waals surface area contributed by atoms with Crippen molar-refractivity contribution < 1.29 is 32.9 Å². The Morgan fingerprint density at radius 3 is 1.46 bits per heavy atom. The van der Waals surface area contributed by atoms with E-state index in [0.29, 0.717) is 17.4 Å². The van der Waals surface area contributed by atoms with Crippen LogP contribution in [0.1, 0.15) is 200 Å². The van der Waals surface area contributed by atoms with Gasteiger partial charge in [0.25, 0.3) is 7.82 Å². The Morgan fingerprint density at radius 1 is 0.590 bits per heavy atom. The molecule has 354 valence electrons. The summed E-state index contributed by atoms with van der Waals surface area (Å²) in [7, 11) is 1.25. The maximum atomic E-state index is 12.9. The minimum atomic E-state index is -4.59. The molecule has 0 aromatic heterocycles. The molecule has 3 unspecified atom stereocenters. The summed E-state index contributed by atoms with van der Waals surface area (Å²) in [5, 5.41) is 13.8. The van der Waals surface area contributed by atoms with Gasteiger partial charge in [-0.2, -0.15) is 0 Å². The van der Waals surface area contributed by atoms with Crippen LogP contribution in [-0.4, -0.2) is 68.5 Å². The Kier molecular flexibility index (Phi) is 41.7. The van der Waals surface area contributed by atoms with Crippen LogP contribution in [-0.2, 0) is 18.4 Å². The third kappa shape index (κ3) is 45.8. The van der Waals surface area contributed by atoms with E-state index >= 15 is 0 Å². The van der Waals surface area contributed by atoms with Gasteiger partial charge in [-0.15, -0.1) is 0 Å². The normalized spacial score (nSPS) is 14.8. The molecule has 8 nitrogen and oxygen atoms in total. The number of allylic oxidation sites excluding steroid dienone is 11. The number of unbranched alkanes of at least 4 members (excludes halogenated alkanes) is 21. The molecule has 0 aliphatic carbocycles. The van der Waals surface area contributed by atoms with Crippen molar-refractivity contribution >= 4 is 13.7 Å². The van der Waals surface area contributed by atoms with Gasteiger partial charge < -0.3 is 28.8 Å². The fraction of sp³-hybridized carbons (Fsp3) is 0.750. The predicted molar refractivity (Wildman–Crippen MR) is 260 cm³/mol. The summed E-state index contributed by atoms with van der Waals surface area (Å²) >= 11 is 0. The lowest BCUT2D eigenvalue weighted by atomic mass is 10.0. The molecule has 0 aliphatic rings. The molecule has 0 fully saturated rings. The van der Waals surface area contributed by atoms with E-state index in [2.05, 4.69) is 79.9 Å². The zero-order valence-electron chi connectivity index (χ0n) is 40.1. The van der Waals surface area contributed by atoms with Crippen LogP contribution in [0, 0.1) is 0 Å². The third-order valence-electron chi connectivity index (χ3n) is 10.7. The van der Waals surface area contributed by atoms with Crippen molar-refractivity contribution in [3.63, 3.8) is 0 Å². The Balaban J connectivity index is 4.22. The van der Waals surface area contributed by atoms with Gasteiger partial charge in [-0.3, -0.25) is 9.36 Å². The molecule has 0 rings (SSSR count). The van der Waals surface area contributed by atoms with E-state index in [-0.39, 0.29) is 19.1 Å². The second-order valence-corrected chi connectivity index (χ2v) is 19.2. The van der Waals surface area contributed by atoms with Crippen molar-refractivity contribution in [2.24, 2.45) is 0 Å². The van der Waals surface area contributed by atoms with Crippen LogP contribution < -0.4 is 10.2 Å². The highest BCUT2D eigenvalue weighted by molar-refractivity contribution is 7.45. The second kappa shape index (κ2) is 43.2. The number of likely N-dealkylation sites (N-methyl/N-ethyl adjacent to an activating group) is 1. The maximum Gasteiger partial charge on any atom is 0.268 e. The summed E-state index contributed by atoms with van der Waals surface area (Å²) in [6.07, 6.45) is 58.1. The van der Waals surface area contributed by atoms with Crippen molar-refractivity contribution in [2.75, 3.05) is 40.9 Å². The van der Waals surface area contributed by atoms with E-state index in [4.69, 9.17) is 9.05 Å². The van der Waals surface area contributed by atoms with Crippen molar-refractivity contribution in [3.8, 4) is 0 Å². The summed E-state index contributed by atoms with van der Waals surface area (Å²) < 4.78 is 23.2. The number of hydrogen-bond acceptors (Lipinski definition) is 6. The van der Waals surface area contributed by atoms with Crippen LogP contribution in [0.2, 0.25) is 0 Å². The predicted octanol–water partition coefficient (Wildman–Crippen LogP) is 13.7. The number of aliphatic hydroxyl groups is 1. The molecule has 0 heterocycles. The van der Waals surface area contributed by atoms with Crippen molar-refractivity contribution in [3.05, 3.63) is 72.9 Å². The number of carbonyl (C=O) groups excluding carboxylic acids is 1. The average Bonchev–Trinajstić information content (AvgIpc) is 3.21. The molecule has 0 saturated heterocycles. The summed E-state index contributed by atoms with van der Waals surface area (Å²) in [6, 6.07) is -0.890. The van der Waals surface area contributed by atoms with Gasteiger partial charge in [0.2, 0.25) is 5.91 Å². The number of nitrogens with one attached hydrogen (secondary N) is 1. The van der Waals surface area contributed by atoms with Gasteiger partial charge in [-0.05, 0) is 64.2 Å². The standard InChI is InChI=1S/C52H95N2O6P/c1-6-8-10-12-14-16-18-20-21-22-23-24-25-26-27-28-29-30-31-32-33-34-36-38-40-42-44-46-52(56)53-50(49-60-61(57,58)59-48-47-54(3,4)5)51(55)45-43-41-39-37-35-19-17-15-13-11-9-7-2/h8,10,14,16,20-21,23-24,26-27,43,45,50-51,55H,6-7,9,11-13,15,17-19,22,25,28-42,44,46-49H2,1-5H3,(H-,53,56,57,58)/b10-8-,16-14-,21-20-,24-23-,27-26-,45-43+. The lowest BCUT2D eigenvalue weighted by Gasteiger charge is -2.29. The summed E-state index contributed by atoms with van der Waals surface area (Å²) in [5.41, 5.74) is 0. The number of hydrogen-bond donors (Lipinski definition) is 2. The molecular weight excluding hydrogens is 780 g/mol. The number of rotatable bonds is 44. The smallest absolute Gasteiger partial charge is 0.268 e. The van der Waals surface area contributed by atoms with Crippen LogP contribution in [0.4, 0.5) is 0 Å². The summed E-state index contributed by atoms with van der Waals surface area (Å²) in [5.74, 6) is -0.205. The molecule has 61 heavy (non-hydrogen) atoms. The highest BCUT2D eigenvalue weighted by Crippen LogP contribution is 2.38. The number of quaternary nitrogens is 1. The Bertz CT molecular complexity index is 1220. The summed E-state index contributed by atoms with van der Waals surface area (Å²) in [4.78, 5) is 25.4. The van der Waals surface area contributed by atoms with Crippen LogP contribution in [0.25, 0.3) is 0 Å². The molecule has 0 bridgehead atoms. The van der Waals surface area contributed by atoms with Gasteiger partial charge in [0.05, 0.1) is 39.9 Å². The maximum absolute atomic E-state index is 12.9. The van der Waals surface area contributed by atoms with Gasteiger partial charge in [0.15, 0.2) is 0 Å². The van der Waals surface area contributed by atoms with Gasteiger partial charge in [-0.25, -0.2) is 0 Å². The Morgan fingerprint density at radius 2 is 1.00 bits per heavy atom. The highest BCUT2D eigenvalue weighted by atomic mass is 31.2. The summed E-state index contributed by atoms with van der Waals surface area (Å²) in [6.45, 7) is 4.51. The van der Waals surface area contributed by atoms with Crippen LogP contribution in [0.15, 0.2) is 72.9 Å². The molecule has 0 saturated carbocycles. The second-order valence-electron chi connectivity index (χ2n) is 17.8. The molecule has 0 aromatic rings. The SMILES string of the molecule is CC/C=C\C/C=C\C/C=C\C/C=C\C/C=C\CCCCCCCCCCCCCC(=O)NC(COP(=O)([O-])OCC[N+](C)(C)C)C(O)/C=C/CCCCCCCCCCCC. The minimum Gasteiger partial charge on any atom is -0.756 e. The zero-order valence-corrected chi connectivity index (χ0v) is 41.0. The Hall–Kier alpha value is -2.06. The van der Waals surface area contributed by atoms with E-state index in [9.17, 15) is 19.4 Å². The molecule has 0 aliphatic heterocycles. The monoisotopic (exact) mass is 875 g/mol. The first-order valence-electron chi connectivity index (χ1n) is 24.8. The lowest BCUT2D eigenvalue weighted by Crippen LogP contribution is -2.45. The van der Waals surface area contributed by atoms with E-state index in [0.717, 1.165) is 70.6 Å². The van der Waals surface area contributed by atoms with E-state index < -0.39 is 20.0 Å². The molecule has 9 heteroatoms. The molecule has 1 amide bonds. The van der Waals surface area contributed by atoms with Crippen LogP contribution in [0.5, 0.6) is 0 Å². The van der Waals surface area contributed by atoms with Crippen molar-refractivity contribution in [1.29, 1.82) is 0 Å². The number of nitrogens with zero attached hydrogens (tertiary/aromatic N) is 1. The highest BCUT2D eigenvalue weighted by Gasteiger charge is 2.23. The number of aliphatic hydroxyl groups excluding tert-OH is 1. The first kappa shape index (κ1) is 58.9. The van der Waals surface area contributed by atoms with Crippen LogP contribution >= 0.6 is 7.82 Å². The van der Waals surface area contributed by atoms with Gasteiger partial charge in [0.1, 0.15) is 13.2 Å². The zero-order chi connectivity index (χ0) is 45.0. The fourth-order valence-corrected chi connectivity index (χ4v) is 7.49. The largest absolute Gasteiger partial charge is 0.756 e. The number of amides is 1. The Labute approximate surface area is 376 Å². The lowest BCUT2D eigenvalue weighted by molar-refractivity contribution is -0.870. The molecule has 2 N–H and O–H groups in total. The third-order valence-corrected chi connectivity index (χ3v) is 11.6. The van der Waals surface area contributed by atoms with Gasteiger partial charge in [0, 0.05) is 6.42 Å². The van der Waals surface area contributed by atoms with E-state index in [1.165, 1.54) is 109 Å². The first-order chi connectivity index (χ1) is 29.5. The molecule has 0 radical (unpaired) electrons. The topological polar surface area (TPSA) is 108 Å². The average molecular weight is 875 g/mol. The fourth-order valence-electron chi connectivity index (χ4n) is 6.77. The number of phosphoric acid groups is 1. The number of phosphoric ester groups is 1. The van der Waals surface area contributed by atoms with E-state index in [1.807, 2.05) is 27.2 Å². The quantitative estimate of drug-likeness (QED) is 0.0273. The molecular formula is C52H95N2O6P.